The molecule has 0 bridgehead atoms. The summed E-state index contributed by atoms with van der Waals surface area (Å²) in [7, 11) is 1.89. The molecule has 1 aliphatic heterocycles. The summed E-state index contributed by atoms with van der Waals surface area (Å²) in [6.07, 6.45) is 0. The highest BCUT2D eigenvalue weighted by molar-refractivity contribution is 5.78. The summed E-state index contributed by atoms with van der Waals surface area (Å²) in [5.74, 6) is 0.0731. The van der Waals surface area contributed by atoms with Crippen LogP contribution in [-0.2, 0) is 16.1 Å². The Morgan fingerprint density at radius 2 is 2.12 bits per heavy atom. The van der Waals surface area contributed by atoms with Crippen LogP contribution < -0.4 is 5.32 Å². The van der Waals surface area contributed by atoms with Crippen molar-refractivity contribution in [3.63, 3.8) is 0 Å². The van der Waals surface area contributed by atoms with E-state index in [4.69, 9.17) is 4.74 Å². The maximum Gasteiger partial charge on any atom is 0.248 e. The molecule has 0 unspecified atom stereocenters. The van der Waals surface area contributed by atoms with Crippen LogP contribution in [0.25, 0.3) is 0 Å². The minimum atomic E-state index is 0.0731. The van der Waals surface area contributed by atoms with Crippen LogP contribution in [0.2, 0.25) is 0 Å². The fourth-order valence-electron chi connectivity index (χ4n) is 1.71. The third kappa shape index (κ3) is 2.52. The molecule has 1 aromatic rings. The Morgan fingerprint density at radius 3 is 2.75 bits per heavy atom. The second kappa shape index (κ2) is 4.99. The van der Waals surface area contributed by atoms with E-state index in [1.165, 1.54) is 0 Å². The molecule has 1 saturated heterocycles. The highest BCUT2D eigenvalue weighted by atomic mass is 16.5. The van der Waals surface area contributed by atoms with E-state index in [0.29, 0.717) is 19.7 Å². The summed E-state index contributed by atoms with van der Waals surface area (Å²) < 4.78 is 5.08. The van der Waals surface area contributed by atoms with Gasteiger partial charge in [-0.15, -0.1) is 0 Å². The number of ether oxygens (including phenoxy) is 1. The van der Waals surface area contributed by atoms with Gasteiger partial charge in [-0.2, -0.15) is 0 Å². The van der Waals surface area contributed by atoms with Gasteiger partial charge < -0.3 is 15.0 Å². The van der Waals surface area contributed by atoms with Gasteiger partial charge in [0, 0.05) is 25.8 Å². The molecule has 0 radical (unpaired) electrons. The molecule has 1 aromatic carbocycles. The van der Waals surface area contributed by atoms with Gasteiger partial charge in [-0.3, -0.25) is 4.79 Å². The lowest BCUT2D eigenvalue weighted by molar-refractivity contribution is -0.143. The number of carbonyl (C=O) groups excluding carboxylic acids is 1. The van der Waals surface area contributed by atoms with Crippen molar-refractivity contribution in [3.05, 3.63) is 29.8 Å². The van der Waals surface area contributed by atoms with Crippen molar-refractivity contribution < 1.29 is 9.53 Å². The van der Waals surface area contributed by atoms with Crippen LogP contribution in [-0.4, -0.2) is 37.6 Å². The maximum absolute atomic E-state index is 11.5. The standard InChI is InChI=1S/C12H16N2O2/c1-13-11-4-2-10(3-5-11)8-14-6-7-16-9-12(14)15/h2-5,13H,6-9H2,1H3. The summed E-state index contributed by atoms with van der Waals surface area (Å²) >= 11 is 0. The third-order valence-electron chi connectivity index (χ3n) is 2.70. The van der Waals surface area contributed by atoms with Crippen LogP contribution in [0.1, 0.15) is 5.56 Å². The van der Waals surface area contributed by atoms with Crippen LogP contribution in [0.15, 0.2) is 24.3 Å². The van der Waals surface area contributed by atoms with Crippen molar-refractivity contribution >= 4 is 11.6 Å². The van der Waals surface area contributed by atoms with Gasteiger partial charge in [-0.05, 0) is 17.7 Å². The highest BCUT2D eigenvalue weighted by Gasteiger charge is 2.18. The number of anilines is 1. The smallest absolute Gasteiger partial charge is 0.248 e. The van der Waals surface area contributed by atoms with E-state index in [1.807, 2.05) is 36.2 Å². The van der Waals surface area contributed by atoms with E-state index in [9.17, 15) is 4.79 Å². The molecule has 4 heteroatoms. The average molecular weight is 220 g/mol. The molecule has 86 valence electrons. The molecule has 0 aromatic heterocycles. The van der Waals surface area contributed by atoms with Gasteiger partial charge in [0.05, 0.1) is 6.61 Å². The van der Waals surface area contributed by atoms with Gasteiger partial charge in [-0.25, -0.2) is 0 Å². The molecule has 0 aliphatic carbocycles. The number of hydrogen-bond donors (Lipinski definition) is 1. The number of benzene rings is 1. The van der Waals surface area contributed by atoms with Crippen molar-refractivity contribution in [2.75, 3.05) is 32.1 Å². The SMILES string of the molecule is CNc1ccc(CN2CCOCC2=O)cc1. The number of nitrogens with one attached hydrogen (secondary N) is 1. The number of hydrogen-bond acceptors (Lipinski definition) is 3. The summed E-state index contributed by atoms with van der Waals surface area (Å²) in [6, 6.07) is 8.10. The molecule has 0 spiro atoms. The van der Waals surface area contributed by atoms with Crippen LogP contribution in [0.5, 0.6) is 0 Å². The topological polar surface area (TPSA) is 41.6 Å². The maximum atomic E-state index is 11.5. The number of rotatable bonds is 3. The molecule has 1 aliphatic rings. The Hall–Kier alpha value is -1.55. The van der Waals surface area contributed by atoms with E-state index in [0.717, 1.165) is 11.3 Å². The summed E-state index contributed by atoms with van der Waals surface area (Å²) in [5.41, 5.74) is 2.23. The van der Waals surface area contributed by atoms with Gasteiger partial charge >= 0.3 is 0 Å². The first-order valence-electron chi connectivity index (χ1n) is 5.42. The van der Waals surface area contributed by atoms with Crippen LogP contribution >= 0.6 is 0 Å². The zero-order valence-corrected chi connectivity index (χ0v) is 9.40. The minimum absolute atomic E-state index is 0.0731. The van der Waals surface area contributed by atoms with Gasteiger partial charge in [0.1, 0.15) is 6.61 Å². The summed E-state index contributed by atoms with van der Waals surface area (Å²) in [5, 5.41) is 3.07. The highest BCUT2D eigenvalue weighted by Crippen LogP contribution is 2.12. The van der Waals surface area contributed by atoms with Crippen molar-refractivity contribution in [2.24, 2.45) is 0 Å². The Kier molecular flexibility index (Phi) is 3.41. The van der Waals surface area contributed by atoms with E-state index in [-0.39, 0.29) is 12.5 Å². The lowest BCUT2D eigenvalue weighted by Gasteiger charge is -2.26. The molecule has 1 heterocycles. The molecule has 0 saturated carbocycles. The van der Waals surface area contributed by atoms with Crippen molar-refractivity contribution in [1.29, 1.82) is 0 Å². The van der Waals surface area contributed by atoms with Gasteiger partial charge in [-0.1, -0.05) is 12.1 Å². The molecular weight excluding hydrogens is 204 g/mol. The predicted molar refractivity (Wildman–Crippen MR) is 62.2 cm³/mol. The van der Waals surface area contributed by atoms with Crippen LogP contribution in [0, 0.1) is 0 Å². The Labute approximate surface area is 95.2 Å². The molecule has 4 nitrogen and oxygen atoms in total. The largest absolute Gasteiger partial charge is 0.388 e. The number of nitrogens with zero attached hydrogens (tertiary/aromatic N) is 1. The minimum Gasteiger partial charge on any atom is -0.388 e. The Bertz CT molecular complexity index is 362. The molecule has 1 amide bonds. The molecular formula is C12H16N2O2. The normalized spacial score (nSPS) is 16.3. The summed E-state index contributed by atoms with van der Waals surface area (Å²) in [6.45, 7) is 2.22. The third-order valence-corrected chi connectivity index (χ3v) is 2.70. The fraction of sp³-hybridized carbons (Fsp3) is 0.417. The molecule has 0 atom stereocenters. The first-order valence-corrected chi connectivity index (χ1v) is 5.42. The quantitative estimate of drug-likeness (QED) is 0.829. The van der Waals surface area contributed by atoms with Gasteiger partial charge in [0.2, 0.25) is 5.91 Å². The lowest BCUT2D eigenvalue weighted by atomic mass is 10.2. The van der Waals surface area contributed by atoms with Gasteiger partial charge in [0.25, 0.3) is 0 Å². The van der Waals surface area contributed by atoms with E-state index < -0.39 is 0 Å². The Morgan fingerprint density at radius 1 is 1.38 bits per heavy atom. The summed E-state index contributed by atoms with van der Waals surface area (Å²) in [4.78, 5) is 13.3. The van der Waals surface area contributed by atoms with Crippen molar-refractivity contribution in [2.45, 2.75) is 6.54 Å². The predicted octanol–water partition coefficient (Wildman–Crippen LogP) is 1.09. The van der Waals surface area contributed by atoms with Crippen LogP contribution in [0.3, 0.4) is 0 Å². The molecule has 16 heavy (non-hydrogen) atoms. The first-order chi connectivity index (χ1) is 7.79. The zero-order chi connectivity index (χ0) is 11.4. The fourth-order valence-corrected chi connectivity index (χ4v) is 1.71. The van der Waals surface area contributed by atoms with Crippen molar-refractivity contribution in [1.82, 2.24) is 4.90 Å². The lowest BCUT2D eigenvalue weighted by Crippen LogP contribution is -2.40. The second-order valence-electron chi connectivity index (χ2n) is 3.81. The van der Waals surface area contributed by atoms with E-state index in [1.54, 1.807) is 0 Å². The van der Waals surface area contributed by atoms with Crippen LogP contribution in [0.4, 0.5) is 5.69 Å². The monoisotopic (exact) mass is 220 g/mol. The number of carbonyl (C=O) groups is 1. The zero-order valence-electron chi connectivity index (χ0n) is 9.40. The first kappa shape index (κ1) is 11.0. The second-order valence-corrected chi connectivity index (χ2v) is 3.81. The van der Waals surface area contributed by atoms with E-state index in [2.05, 4.69) is 5.32 Å². The van der Waals surface area contributed by atoms with Gasteiger partial charge in [0.15, 0.2) is 0 Å². The van der Waals surface area contributed by atoms with E-state index >= 15 is 0 Å². The molecule has 1 fully saturated rings. The molecule has 2 rings (SSSR count). The molecule has 1 N–H and O–H groups in total. The number of morpholine rings is 1. The van der Waals surface area contributed by atoms with Crippen molar-refractivity contribution in [3.8, 4) is 0 Å². The number of amides is 1. The average Bonchev–Trinajstić information content (AvgIpc) is 2.33. The Balaban J connectivity index is 1.99.